The van der Waals surface area contributed by atoms with Crippen molar-refractivity contribution < 1.29 is 4.79 Å². The molecular weight excluding hydrogens is 198 g/mol. The summed E-state index contributed by atoms with van der Waals surface area (Å²) in [6, 6.07) is 8.38. The first kappa shape index (κ1) is 11.2. The number of hydrogen-bond donors (Lipinski definition) is 0. The van der Waals surface area contributed by atoms with Crippen molar-refractivity contribution in [3.63, 3.8) is 0 Å². The lowest BCUT2D eigenvalue weighted by atomic mass is 9.82. The van der Waals surface area contributed by atoms with Gasteiger partial charge >= 0.3 is 0 Å². The number of carbonyl (C=O) groups excluding carboxylic acids is 1. The first-order chi connectivity index (χ1) is 7.50. The molecule has 86 valence electrons. The van der Waals surface area contributed by atoms with Crippen molar-refractivity contribution >= 4 is 11.5 Å². The van der Waals surface area contributed by atoms with E-state index in [1.54, 1.807) is 0 Å². The first-order valence-corrected chi connectivity index (χ1v) is 5.84. The Kier molecular flexibility index (Phi) is 2.75. The predicted molar refractivity (Wildman–Crippen MR) is 66.8 cm³/mol. The Morgan fingerprint density at radius 1 is 1.25 bits per heavy atom. The predicted octanol–water partition coefficient (Wildman–Crippen LogP) is 2.80. The van der Waals surface area contributed by atoms with Gasteiger partial charge in [0.15, 0.2) is 0 Å². The first-order valence-electron chi connectivity index (χ1n) is 5.84. The van der Waals surface area contributed by atoms with E-state index >= 15 is 0 Å². The number of anilines is 1. The molecule has 0 saturated carbocycles. The van der Waals surface area contributed by atoms with Crippen molar-refractivity contribution in [3.8, 4) is 0 Å². The smallest absolute Gasteiger partial charge is 0.142 e. The maximum Gasteiger partial charge on any atom is 0.142 e. The third kappa shape index (κ3) is 1.97. The van der Waals surface area contributed by atoms with Crippen LogP contribution in [0.5, 0.6) is 0 Å². The van der Waals surface area contributed by atoms with Crippen LogP contribution in [0.25, 0.3) is 0 Å². The molecule has 0 unspecified atom stereocenters. The van der Waals surface area contributed by atoms with Crippen LogP contribution in [0.4, 0.5) is 5.69 Å². The van der Waals surface area contributed by atoms with Gasteiger partial charge in [-0.2, -0.15) is 0 Å². The number of rotatable bonds is 1. The minimum Gasteiger partial charge on any atom is -0.370 e. The zero-order chi connectivity index (χ0) is 11.8. The van der Waals surface area contributed by atoms with Crippen molar-refractivity contribution in [2.45, 2.75) is 27.2 Å². The van der Waals surface area contributed by atoms with Crippen LogP contribution in [-0.2, 0) is 4.79 Å². The van der Waals surface area contributed by atoms with Gasteiger partial charge in [0.25, 0.3) is 0 Å². The Morgan fingerprint density at radius 3 is 2.56 bits per heavy atom. The SMILES string of the molecule is Cc1ccccc1N1CCC(=O)C(C)(C)C1. The second kappa shape index (κ2) is 3.93. The van der Waals surface area contributed by atoms with Crippen LogP contribution >= 0.6 is 0 Å². The van der Waals surface area contributed by atoms with Crippen LogP contribution in [0.3, 0.4) is 0 Å². The minimum atomic E-state index is -0.208. The van der Waals surface area contributed by atoms with Crippen LogP contribution < -0.4 is 4.90 Å². The lowest BCUT2D eigenvalue weighted by Gasteiger charge is -2.38. The molecule has 1 saturated heterocycles. The molecule has 2 nitrogen and oxygen atoms in total. The minimum absolute atomic E-state index is 0.208. The summed E-state index contributed by atoms with van der Waals surface area (Å²) in [6.07, 6.45) is 0.668. The molecule has 0 aliphatic carbocycles. The summed E-state index contributed by atoms with van der Waals surface area (Å²) >= 11 is 0. The van der Waals surface area contributed by atoms with Gasteiger partial charge in [-0.3, -0.25) is 4.79 Å². The van der Waals surface area contributed by atoms with Gasteiger partial charge in [0.05, 0.1) is 0 Å². The van der Waals surface area contributed by atoms with Crippen molar-refractivity contribution in [3.05, 3.63) is 29.8 Å². The standard InChI is InChI=1S/C14H19NO/c1-11-6-4-5-7-12(11)15-9-8-13(16)14(2,3)10-15/h4-7H,8-10H2,1-3H3. The number of Topliss-reactive ketones (excluding diaryl/α,β-unsaturated/α-hetero) is 1. The van der Waals surface area contributed by atoms with Gasteiger partial charge in [-0.1, -0.05) is 32.0 Å². The maximum absolute atomic E-state index is 11.8. The molecule has 0 atom stereocenters. The van der Waals surface area contributed by atoms with E-state index < -0.39 is 0 Å². The summed E-state index contributed by atoms with van der Waals surface area (Å²) in [4.78, 5) is 14.1. The Balaban J connectivity index is 2.25. The zero-order valence-electron chi connectivity index (χ0n) is 10.3. The van der Waals surface area contributed by atoms with E-state index in [0.29, 0.717) is 12.2 Å². The molecule has 2 rings (SSSR count). The molecule has 0 amide bonds. The third-order valence-corrected chi connectivity index (χ3v) is 3.41. The van der Waals surface area contributed by atoms with Crippen molar-refractivity contribution in [1.29, 1.82) is 0 Å². The van der Waals surface area contributed by atoms with Crippen LogP contribution in [-0.4, -0.2) is 18.9 Å². The molecule has 1 fully saturated rings. The largest absolute Gasteiger partial charge is 0.370 e. The van der Waals surface area contributed by atoms with Crippen LogP contribution in [0.15, 0.2) is 24.3 Å². The lowest BCUT2D eigenvalue weighted by molar-refractivity contribution is -0.127. The van der Waals surface area contributed by atoms with E-state index in [1.165, 1.54) is 11.3 Å². The summed E-state index contributed by atoms with van der Waals surface area (Å²) in [5.74, 6) is 0.386. The van der Waals surface area contributed by atoms with E-state index in [-0.39, 0.29) is 5.41 Å². The summed E-state index contributed by atoms with van der Waals surface area (Å²) in [5, 5.41) is 0. The average Bonchev–Trinajstić information content (AvgIpc) is 2.23. The Bertz CT molecular complexity index is 409. The van der Waals surface area contributed by atoms with Gasteiger partial charge < -0.3 is 4.90 Å². The number of ketones is 1. The molecule has 1 aromatic carbocycles. The molecule has 16 heavy (non-hydrogen) atoms. The molecule has 2 heteroatoms. The highest BCUT2D eigenvalue weighted by Gasteiger charge is 2.34. The molecule has 1 aliphatic rings. The number of carbonyl (C=O) groups is 1. The summed E-state index contributed by atoms with van der Waals surface area (Å²) in [5.41, 5.74) is 2.34. The van der Waals surface area contributed by atoms with E-state index in [0.717, 1.165) is 13.1 Å². The number of benzene rings is 1. The maximum atomic E-state index is 11.8. The van der Waals surface area contributed by atoms with Gasteiger partial charge in [0, 0.05) is 30.6 Å². The summed E-state index contributed by atoms with van der Waals surface area (Å²) < 4.78 is 0. The fraction of sp³-hybridized carbons (Fsp3) is 0.500. The van der Waals surface area contributed by atoms with Gasteiger partial charge in [-0.15, -0.1) is 0 Å². The highest BCUT2D eigenvalue weighted by molar-refractivity contribution is 5.86. The number of hydrogen-bond acceptors (Lipinski definition) is 2. The fourth-order valence-corrected chi connectivity index (χ4v) is 2.34. The third-order valence-electron chi connectivity index (χ3n) is 3.41. The van der Waals surface area contributed by atoms with Crippen LogP contribution in [0.2, 0.25) is 0 Å². The topological polar surface area (TPSA) is 20.3 Å². The molecule has 1 heterocycles. The second-order valence-electron chi connectivity index (χ2n) is 5.27. The quantitative estimate of drug-likeness (QED) is 0.721. The molecule has 0 aromatic heterocycles. The van der Waals surface area contributed by atoms with E-state index in [2.05, 4.69) is 36.1 Å². The molecule has 1 aliphatic heterocycles. The Morgan fingerprint density at radius 2 is 1.94 bits per heavy atom. The molecule has 0 bridgehead atoms. The highest BCUT2D eigenvalue weighted by Crippen LogP contribution is 2.30. The fourth-order valence-electron chi connectivity index (χ4n) is 2.34. The van der Waals surface area contributed by atoms with Crippen LogP contribution in [0, 0.1) is 12.3 Å². The molecule has 0 N–H and O–H groups in total. The molecule has 1 aromatic rings. The van der Waals surface area contributed by atoms with E-state index in [4.69, 9.17) is 0 Å². The normalized spacial score (nSPS) is 19.9. The lowest BCUT2D eigenvalue weighted by Crippen LogP contribution is -2.46. The molecule has 0 spiro atoms. The van der Waals surface area contributed by atoms with Gasteiger partial charge in [0.2, 0.25) is 0 Å². The van der Waals surface area contributed by atoms with Crippen molar-refractivity contribution in [2.75, 3.05) is 18.0 Å². The summed E-state index contributed by atoms with van der Waals surface area (Å²) in [6.45, 7) is 7.89. The van der Waals surface area contributed by atoms with E-state index in [9.17, 15) is 4.79 Å². The van der Waals surface area contributed by atoms with Crippen molar-refractivity contribution in [2.24, 2.45) is 5.41 Å². The zero-order valence-corrected chi connectivity index (χ0v) is 10.3. The van der Waals surface area contributed by atoms with Gasteiger partial charge in [0.1, 0.15) is 5.78 Å². The summed E-state index contributed by atoms with van der Waals surface area (Å²) in [7, 11) is 0. The second-order valence-corrected chi connectivity index (χ2v) is 5.27. The van der Waals surface area contributed by atoms with Crippen LogP contribution in [0.1, 0.15) is 25.8 Å². The molecular formula is C14H19NO. The number of nitrogens with zero attached hydrogens (tertiary/aromatic N) is 1. The van der Waals surface area contributed by atoms with E-state index in [1.807, 2.05) is 13.8 Å². The number of aryl methyl sites for hydroxylation is 1. The van der Waals surface area contributed by atoms with Crippen molar-refractivity contribution in [1.82, 2.24) is 0 Å². The Labute approximate surface area is 97.3 Å². The molecule has 0 radical (unpaired) electrons. The van der Waals surface area contributed by atoms with Gasteiger partial charge in [-0.05, 0) is 18.6 Å². The number of piperidine rings is 1. The Hall–Kier alpha value is -1.31. The number of para-hydroxylation sites is 1. The monoisotopic (exact) mass is 217 g/mol. The highest BCUT2D eigenvalue weighted by atomic mass is 16.1. The van der Waals surface area contributed by atoms with Gasteiger partial charge in [-0.25, -0.2) is 0 Å². The average molecular weight is 217 g/mol.